The van der Waals surface area contributed by atoms with E-state index >= 15 is 0 Å². The molecule has 1 aromatic heterocycles. The second-order valence-electron chi connectivity index (χ2n) is 4.53. The second kappa shape index (κ2) is 7.13. The molecule has 0 fully saturated rings. The Bertz CT molecular complexity index is 417. The lowest BCUT2D eigenvalue weighted by Crippen LogP contribution is -2.31. The lowest BCUT2D eigenvalue weighted by Gasteiger charge is -2.17. The lowest BCUT2D eigenvalue weighted by atomic mass is 10.2. The van der Waals surface area contributed by atoms with Crippen molar-refractivity contribution in [2.75, 3.05) is 25.6 Å². The predicted molar refractivity (Wildman–Crippen MR) is 71.9 cm³/mol. The molecular formula is C12H22N4O2. The molecule has 1 heterocycles. The normalized spacial score (nSPS) is 12.7. The molecule has 0 spiro atoms. The fourth-order valence-corrected chi connectivity index (χ4v) is 1.54. The van der Waals surface area contributed by atoms with Crippen molar-refractivity contribution >= 4 is 5.82 Å². The summed E-state index contributed by atoms with van der Waals surface area (Å²) in [6, 6.07) is 1.50. The van der Waals surface area contributed by atoms with Gasteiger partial charge in [0.05, 0.1) is 0 Å². The van der Waals surface area contributed by atoms with Gasteiger partial charge in [0.2, 0.25) is 0 Å². The van der Waals surface area contributed by atoms with Crippen molar-refractivity contribution in [3.8, 4) is 0 Å². The number of aromatic amines is 1. The van der Waals surface area contributed by atoms with Crippen LogP contribution in [0.3, 0.4) is 0 Å². The molecule has 0 aliphatic rings. The Balaban J connectivity index is 2.79. The predicted octanol–water partition coefficient (Wildman–Crippen LogP) is 0.669. The summed E-state index contributed by atoms with van der Waals surface area (Å²) in [4.78, 5) is 18.6. The van der Waals surface area contributed by atoms with Gasteiger partial charge in [-0.2, -0.15) is 0 Å². The second-order valence-corrected chi connectivity index (χ2v) is 4.53. The average Bonchev–Trinajstić information content (AvgIpc) is 2.33. The first-order valence-corrected chi connectivity index (χ1v) is 6.13. The molecule has 1 rings (SSSR count). The van der Waals surface area contributed by atoms with Gasteiger partial charge in [-0.3, -0.25) is 4.79 Å². The van der Waals surface area contributed by atoms with Gasteiger partial charge in [0.15, 0.2) is 0 Å². The summed E-state index contributed by atoms with van der Waals surface area (Å²) in [5.74, 6) is 1.41. The highest BCUT2D eigenvalue weighted by Crippen LogP contribution is 2.10. The third-order valence-corrected chi connectivity index (χ3v) is 2.61. The summed E-state index contributed by atoms with van der Waals surface area (Å²) < 4.78 is 5.01. The van der Waals surface area contributed by atoms with Crippen molar-refractivity contribution < 1.29 is 4.74 Å². The van der Waals surface area contributed by atoms with E-state index in [0.29, 0.717) is 24.8 Å². The van der Waals surface area contributed by atoms with E-state index in [1.807, 2.05) is 13.8 Å². The molecule has 0 bridgehead atoms. The highest BCUT2D eigenvalue weighted by atomic mass is 16.5. The van der Waals surface area contributed by atoms with Gasteiger partial charge in [0.25, 0.3) is 5.56 Å². The Hall–Kier alpha value is -1.40. The Morgan fingerprint density at radius 1 is 1.56 bits per heavy atom. The molecule has 6 heteroatoms. The minimum atomic E-state index is -0.154. The molecule has 0 radical (unpaired) electrons. The highest BCUT2D eigenvalue weighted by Gasteiger charge is 2.10. The molecule has 0 aliphatic carbocycles. The summed E-state index contributed by atoms with van der Waals surface area (Å²) in [7, 11) is 1.65. The number of hydrogen-bond donors (Lipinski definition) is 3. The first-order valence-electron chi connectivity index (χ1n) is 6.13. The molecule has 102 valence electrons. The van der Waals surface area contributed by atoms with Crippen LogP contribution in [0.4, 0.5) is 5.82 Å². The van der Waals surface area contributed by atoms with Crippen LogP contribution in [0.5, 0.6) is 0 Å². The summed E-state index contributed by atoms with van der Waals surface area (Å²) in [5.41, 5.74) is 5.51. The van der Waals surface area contributed by atoms with E-state index in [-0.39, 0.29) is 17.5 Å². The van der Waals surface area contributed by atoms with E-state index in [1.54, 1.807) is 7.11 Å². The van der Waals surface area contributed by atoms with E-state index in [0.717, 1.165) is 6.42 Å². The number of nitrogens with zero attached hydrogens (tertiary/aromatic N) is 1. The Morgan fingerprint density at radius 3 is 2.83 bits per heavy atom. The molecule has 1 atom stereocenters. The number of methoxy groups -OCH3 is 1. The number of hydrogen-bond acceptors (Lipinski definition) is 5. The van der Waals surface area contributed by atoms with Crippen LogP contribution in [0.15, 0.2) is 10.9 Å². The van der Waals surface area contributed by atoms with E-state index < -0.39 is 0 Å². The van der Waals surface area contributed by atoms with Crippen LogP contribution < -0.4 is 16.6 Å². The van der Waals surface area contributed by atoms with Crippen molar-refractivity contribution in [1.82, 2.24) is 9.97 Å². The first kappa shape index (κ1) is 14.7. The van der Waals surface area contributed by atoms with Crippen LogP contribution in [0, 0.1) is 0 Å². The monoisotopic (exact) mass is 254 g/mol. The Kier molecular flexibility index (Phi) is 5.80. The third kappa shape index (κ3) is 4.46. The fourth-order valence-electron chi connectivity index (χ4n) is 1.54. The molecule has 1 aromatic rings. The number of rotatable bonds is 7. The van der Waals surface area contributed by atoms with E-state index in [4.69, 9.17) is 10.5 Å². The number of aromatic nitrogens is 2. The Labute approximate surface area is 107 Å². The maximum atomic E-state index is 11.5. The van der Waals surface area contributed by atoms with Crippen molar-refractivity contribution in [3.63, 3.8) is 0 Å². The topological polar surface area (TPSA) is 93.0 Å². The van der Waals surface area contributed by atoms with Crippen molar-refractivity contribution in [2.24, 2.45) is 5.73 Å². The van der Waals surface area contributed by atoms with Crippen molar-refractivity contribution in [1.29, 1.82) is 0 Å². The zero-order valence-corrected chi connectivity index (χ0v) is 11.2. The molecule has 0 aromatic carbocycles. The van der Waals surface area contributed by atoms with Crippen molar-refractivity contribution in [3.05, 3.63) is 22.2 Å². The largest absolute Gasteiger partial charge is 0.385 e. The average molecular weight is 254 g/mol. The number of nitrogens with two attached hydrogens (primary N) is 1. The van der Waals surface area contributed by atoms with E-state index in [1.165, 1.54) is 6.07 Å². The van der Waals surface area contributed by atoms with Gasteiger partial charge in [0.1, 0.15) is 11.6 Å². The Morgan fingerprint density at radius 2 is 2.28 bits per heavy atom. The number of nitrogens with one attached hydrogen (secondary N) is 2. The molecule has 18 heavy (non-hydrogen) atoms. The summed E-state index contributed by atoms with van der Waals surface area (Å²) in [6.45, 7) is 5.05. The van der Waals surface area contributed by atoms with E-state index in [2.05, 4.69) is 15.3 Å². The highest BCUT2D eigenvalue weighted by molar-refractivity contribution is 5.34. The summed E-state index contributed by atoms with van der Waals surface area (Å²) >= 11 is 0. The lowest BCUT2D eigenvalue weighted by molar-refractivity contribution is 0.190. The third-order valence-electron chi connectivity index (χ3n) is 2.61. The molecule has 0 saturated carbocycles. The van der Waals surface area contributed by atoms with Gasteiger partial charge in [-0.05, 0) is 6.42 Å². The minimum absolute atomic E-state index is 0.0549. The zero-order chi connectivity index (χ0) is 13.5. The zero-order valence-electron chi connectivity index (χ0n) is 11.2. The maximum Gasteiger partial charge on any atom is 0.252 e. The van der Waals surface area contributed by atoms with Gasteiger partial charge in [0, 0.05) is 38.3 Å². The summed E-state index contributed by atoms with van der Waals surface area (Å²) in [5, 5.41) is 3.16. The first-order chi connectivity index (χ1) is 8.56. The van der Waals surface area contributed by atoms with E-state index in [9.17, 15) is 4.79 Å². The van der Waals surface area contributed by atoms with Gasteiger partial charge in [-0.15, -0.1) is 0 Å². The quantitative estimate of drug-likeness (QED) is 0.665. The van der Waals surface area contributed by atoms with Crippen LogP contribution in [-0.2, 0) is 4.74 Å². The van der Waals surface area contributed by atoms with Gasteiger partial charge in [-0.1, -0.05) is 13.8 Å². The molecule has 6 nitrogen and oxygen atoms in total. The molecule has 0 saturated heterocycles. The fraction of sp³-hybridized carbons (Fsp3) is 0.667. The SMILES string of the molecule is COCCC(CN)Nc1cc(=O)[nH]c(C(C)C)n1. The molecule has 0 amide bonds. The maximum absolute atomic E-state index is 11.5. The number of H-pyrrole nitrogens is 1. The standard InChI is InChI=1S/C12H22N4O2/c1-8(2)12-15-10(6-11(17)16-12)14-9(7-13)4-5-18-3/h6,8-9H,4-5,7,13H2,1-3H3,(H2,14,15,16,17). The van der Waals surface area contributed by atoms with Crippen LogP contribution in [0.2, 0.25) is 0 Å². The van der Waals surface area contributed by atoms with Crippen LogP contribution >= 0.6 is 0 Å². The molecule has 1 unspecified atom stereocenters. The number of ether oxygens (including phenoxy) is 1. The number of anilines is 1. The van der Waals surface area contributed by atoms with Crippen LogP contribution in [0.1, 0.15) is 32.0 Å². The smallest absolute Gasteiger partial charge is 0.252 e. The van der Waals surface area contributed by atoms with Gasteiger partial charge in [-0.25, -0.2) is 4.98 Å². The minimum Gasteiger partial charge on any atom is -0.385 e. The van der Waals surface area contributed by atoms with Crippen LogP contribution in [-0.4, -0.2) is 36.3 Å². The molecular weight excluding hydrogens is 232 g/mol. The van der Waals surface area contributed by atoms with Crippen molar-refractivity contribution in [2.45, 2.75) is 32.2 Å². The summed E-state index contributed by atoms with van der Waals surface area (Å²) in [6.07, 6.45) is 0.776. The van der Waals surface area contributed by atoms with Gasteiger partial charge >= 0.3 is 0 Å². The van der Waals surface area contributed by atoms with Crippen LogP contribution in [0.25, 0.3) is 0 Å². The molecule has 0 aliphatic heterocycles. The molecule has 4 N–H and O–H groups in total. The van der Waals surface area contributed by atoms with Gasteiger partial charge < -0.3 is 20.8 Å².